The van der Waals surface area contributed by atoms with Gasteiger partial charge in [-0.05, 0) is 43.0 Å². The van der Waals surface area contributed by atoms with Gasteiger partial charge in [0, 0.05) is 25.2 Å². The van der Waals surface area contributed by atoms with Crippen LogP contribution < -0.4 is 0 Å². The number of nitrogens with zero attached hydrogens (tertiary/aromatic N) is 2. The Bertz CT molecular complexity index is 1040. The number of thiophene rings is 1. The fourth-order valence-corrected chi connectivity index (χ4v) is 6.20. The molecule has 3 heterocycles. The molecule has 3 aromatic rings. The van der Waals surface area contributed by atoms with Gasteiger partial charge in [0.25, 0.3) is 0 Å². The van der Waals surface area contributed by atoms with Gasteiger partial charge in [0.2, 0.25) is 0 Å². The minimum absolute atomic E-state index is 0.459. The lowest BCUT2D eigenvalue weighted by atomic mass is 9.82. The van der Waals surface area contributed by atoms with Gasteiger partial charge in [0.15, 0.2) is 0 Å². The fourth-order valence-electron chi connectivity index (χ4n) is 5.08. The van der Waals surface area contributed by atoms with E-state index in [1.54, 1.807) is 0 Å². The average Bonchev–Trinajstić information content (AvgIpc) is 3.23. The lowest BCUT2D eigenvalue weighted by Gasteiger charge is -2.27. The molecule has 0 bridgehead atoms. The minimum atomic E-state index is -0.812. The van der Waals surface area contributed by atoms with Crippen molar-refractivity contribution < 1.29 is 9.90 Å². The number of carbonyl (C=O) groups is 1. The van der Waals surface area contributed by atoms with Gasteiger partial charge < -0.3 is 14.6 Å². The molecule has 0 amide bonds. The number of fused-ring (bicyclic) bond motifs is 5. The number of hydrogen-bond donors (Lipinski definition) is 1. The standard InChI is InChI=1S/C23H26N2O2S/c1-24-11-12-25-18-13-19(23(26)27)28-22(18)20(15-7-3-2-4-8-15)21(25)17-10-6-5-9-16(17)14-24/h5-6,9-10,13,15H,2-4,7-8,11-12,14H2,1H3,(H,26,27). The lowest BCUT2D eigenvalue weighted by Crippen LogP contribution is -2.25. The summed E-state index contributed by atoms with van der Waals surface area (Å²) in [5, 5.41) is 9.60. The van der Waals surface area contributed by atoms with Crippen LogP contribution in [0.5, 0.6) is 0 Å². The van der Waals surface area contributed by atoms with Crippen LogP contribution in [0.1, 0.15) is 58.8 Å². The van der Waals surface area contributed by atoms with Crippen molar-refractivity contribution in [2.45, 2.75) is 51.1 Å². The molecule has 0 unspecified atom stereocenters. The SMILES string of the molecule is CN1CCn2c(c(C3CCCCC3)c3sc(C(=O)O)cc32)-c2ccccc2C1. The monoisotopic (exact) mass is 394 g/mol. The Hall–Kier alpha value is -2.11. The summed E-state index contributed by atoms with van der Waals surface area (Å²) in [4.78, 5) is 14.5. The molecule has 1 fully saturated rings. The van der Waals surface area contributed by atoms with Crippen LogP contribution in [0.4, 0.5) is 0 Å². The molecule has 0 radical (unpaired) electrons. The summed E-state index contributed by atoms with van der Waals surface area (Å²) in [7, 11) is 2.17. The van der Waals surface area contributed by atoms with E-state index in [1.807, 2.05) is 6.07 Å². The molecule has 1 aliphatic heterocycles. The normalized spacial score (nSPS) is 18.5. The van der Waals surface area contributed by atoms with Crippen molar-refractivity contribution in [3.8, 4) is 11.3 Å². The van der Waals surface area contributed by atoms with Crippen LogP contribution in [-0.4, -0.2) is 34.1 Å². The molecule has 1 N–H and O–H groups in total. The first-order chi connectivity index (χ1) is 13.6. The molecule has 5 rings (SSSR count). The number of hydrogen-bond acceptors (Lipinski definition) is 3. The Balaban J connectivity index is 1.82. The highest BCUT2D eigenvalue weighted by atomic mass is 32.1. The molecule has 0 atom stereocenters. The number of likely N-dealkylation sites (N-methyl/N-ethyl adjacent to an activating group) is 1. The van der Waals surface area contributed by atoms with Crippen LogP contribution in [0.2, 0.25) is 0 Å². The van der Waals surface area contributed by atoms with Crippen molar-refractivity contribution in [3.63, 3.8) is 0 Å². The van der Waals surface area contributed by atoms with Crippen molar-refractivity contribution in [2.24, 2.45) is 0 Å². The highest BCUT2D eigenvalue weighted by Crippen LogP contribution is 2.47. The van der Waals surface area contributed by atoms with E-state index >= 15 is 0 Å². The van der Waals surface area contributed by atoms with Gasteiger partial charge in [-0.1, -0.05) is 43.5 Å². The number of aromatic carboxylic acids is 1. The van der Waals surface area contributed by atoms with Crippen LogP contribution in [0, 0.1) is 0 Å². The van der Waals surface area contributed by atoms with E-state index in [4.69, 9.17) is 0 Å². The highest BCUT2D eigenvalue weighted by Gasteiger charge is 2.30. The molecular weight excluding hydrogens is 368 g/mol. The quantitative estimate of drug-likeness (QED) is 0.619. The molecule has 0 spiro atoms. The number of aromatic nitrogens is 1. The van der Waals surface area contributed by atoms with Crippen LogP contribution in [-0.2, 0) is 13.1 Å². The Kier molecular flexibility index (Phi) is 4.52. The van der Waals surface area contributed by atoms with E-state index < -0.39 is 5.97 Å². The van der Waals surface area contributed by atoms with E-state index in [1.165, 1.54) is 70.5 Å². The summed E-state index contributed by atoms with van der Waals surface area (Å²) in [5.41, 5.74) is 6.59. The average molecular weight is 395 g/mol. The maximum Gasteiger partial charge on any atom is 0.345 e. The zero-order chi connectivity index (χ0) is 19.3. The highest BCUT2D eigenvalue weighted by molar-refractivity contribution is 7.21. The summed E-state index contributed by atoms with van der Waals surface area (Å²) < 4.78 is 3.62. The predicted molar refractivity (Wildman–Crippen MR) is 114 cm³/mol. The molecule has 0 saturated heterocycles. The van der Waals surface area contributed by atoms with Gasteiger partial charge in [-0.2, -0.15) is 0 Å². The van der Waals surface area contributed by atoms with Gasteiger partial charge >= 0.3 is 5.97 Å². The molecule has 28 heavy (non-hydrogen) atoms. The summed E-state index contributed by atoms with van der Waals surface area (Å²) in [6.45, 7) is 2.83. The summed E-state index contributed by atoms with van der Waals surface area (Å²) >= 11 is 1.47. The molecule has 2 aliphatic rings. The second kappa shape index (κ2) is 7.05. The summed E-state index contributed by atoms with van der Waals surface area (Å²) in [6, 6.07) is 10.7. The van der Waals surface area contributed by atoms with Gasteiger partial charge in [-0.25, -0.2) is 4.79 Å². The van der Waals surface area contributed by atoms with E-state index in [0.29, 0.717) is 10.8 Å². The topological polar surface area (TPSA) is 45.5 Å². The second-order valence-electron chi connectivity index (χ2n) is 8.27. The Morgan fingerprint density at radius 3 is 2.71 bits per heavy atom. The number of carboxylic acids is 1. The third kappa shape index (κ3) is 2.88. The van der Waals surface area contributed by atoms with Crippen molar-refractivity contribution in [2.75, 3.05) is 13.6 Å². The largest absolute Gasteiger partial charge is 0.477 e. The van der Waals surface area contributed by atoms with Gasteiger partial charge in [0.05, 0.1) is 15.9 Å². The first-order valence-electron chi connectivity index (χ1n) is 10.3. The molecule has 1 saturated carbocycles. The zero-order valence-corrected chi connectivity index (χ0v) is 17.1. The lowest BCUT2D eigenvalue weighted by molar-refractivity contribution is 0.0702. The maximum atomic E-state index is 11.7. The fraction of sp³-hybridized carbons (Fsp3) is 0.435. The third-order valence-electron chi connectivity index (χ3n) is 6.42. The van der Waals surface area contributed by atoms with E-state index in [9.17, 15) is 9.90 Å². The molecule has 1 aromatic carbocycles. The Morgan fingerprint density at radius 2 is 1.93 bits per heavy atom. The van der Waals surface area contributed by atoms with E-state index in [-0.39, 0.29) is 0 Å². The number of benzene rings is 1. The number of carboxylic acid groups (broad SMARTS) is 1. The van der Waals surface area contributed by atoms with Crippen molar-refractivity contribution in [3.05, 3.63) is 46.3 Å². The molecule has 5 heteroatoms. The van der Waals surface area contributed by atoms with Gasteiger partial charge in [-0.15, -0.1) is 11.3 Å². The summed E-state index contributed by atoms with van der Waals surface area (Å²) in [5.74, 6) is -0.272. The van der Waals surface area contributed by atoms with Gasteiger partial charge in [-0.3, -0.25) is 0 Å². The van der Waals surface area contributed by atoms with Crippen LogP contribution in [0.25, 0.3) is 21.5 Å². The molecular formula is C23H26N2O2S. The smallest absolute Gasteiger partial charge is 0.345 e. The minimum Gasteiger partial charge on any atom is -0.477 e. The molecule has 1 aliphatic carbocycles. The second-order valence-corrected chi connectivity index (χ2v) is 9.33. The van der Waals surface area contributed by atoms with Crippen molar-refractivity contribution in [1.82, 2.24) is 9.47 Å². The van der Waals surface area contributed by atoms with Crippen LogP contribution in [0.15, 0.2) is 30.3 Å². The van der Waals surface area contributed by atoms with E-state index in [2.05, 4.69) is 40.8 Å². The zero-order valence-electron chi connectivity index (χ0n) is 16.3. The molecule has 2 aromatic heterocycles. The van der Waals surface area contributed by atoms with Crippen LogP contribution >= 0.6 is 11.3 Å². The number of rotatable bonds is 2. The van der Waals surface area contributed by atoms with Crippen molar-refractivity contribution >= 4 is 27.5 Å². The summed E-state index contributed by atoms with van der Waals surface area (Å²) in [6.07, 6.45) is 6.31. The Morgan fingerprint density at radius 1 is 1.14 bits per heavy atom. The van der Waals surface area contributed by atoms with Crippen molar-refractivity contribution in [1.29, 1.82) is 0 Å². The Labute approximate surface area is 169 Å². The maximum absolute atomic E-state index is 11.7. The first kappa shape index (κ1) is 18.0. The van der Waals surface area contributed by atoms with E-state index in [0.717, 1.165) is 25.2 Å². The van der Waals surface area contributed by atoms with Gasteiger partial charge in [0.1, 0.15) is 4.88 Å². The third-order valence-corrected chi connectivity index (χ3v) is 7.56. The van der Waals surface area contributed by atoms with Crippen LogP contribution in [0.3, 0.4) is 0 Å². The first-order valence-corrected chi connectivity index (χ1v) is 11.1. The predicted octanol–water partition coefficient (Wildman–Crippen LogP) is 5.56. The molecule has 146 valence electrons. The molecule has 4 nitrogen and oxygen atoms in total.